The first-order chi connectivity index (χ1) is 13.3. The molecule has 130 valence electrons. The molecule has 27 heavy (non-hydrogen) atoms. The van der Waals surface area contributed by atoms with E-state index in [1.807, 2.05) is 54.7 Å². The number of rotatable bonds is 3. The van der Waals surface area contributed by atoms with Crippen LogP contribution < -0.4 is 5.56 Å². The topological polar surface area (TPSA) is 63.6 Å². The Balaban J connectivity index is 1.56. The molecule has 5 aromatic rings. The first kappa shape index (κ1) is 15.5. The number of aromatic amines is 1. The average molecular weight is 352 g/mol. The monoisotopic (exact) mass is 352 g/mol. The molecular weight excluding hydrogens is 336 g/mol. The van der Waals surface area contributed by atoms with Gasteiger partial charge in [0.2, 0.25) is 0 Å². The van der Waals surface area contributed by atoms with Gasteiger partial charge in [-0.05, 0) is 41.0 Å². The molecule has 0 radical (unpaired) electrons. The predicted octanol–water partition coefficient (Wildman–Crippen LogP) is 3.99. The zero-order valence-electron chi connectivity index (χ0n) is 14.5. The molecule has 5 rings (SSSR count). The molecule has 5 nitrogen and oxygen atoms in total. The summed E-state index contributed by atoms with van der Waals surface area (Å²) >= 11 is 0. The van der Waals surface area contributed by atoms with Crippen LogP contribution in [0.2, 0.25) is 0 Å². The van der Waals surface area contributed by atoms with Gasteiger partial charge in [-0.3, -0.25) is 14.5 Å². The molecule has 0 aliphatic rings. The lowest BCUT2D eigenvalue weighted by molar-refractivity contribution is 0.748. The van der Waals surface area contributed by atoms with Crippen molar-refractivity contribution in [3.8, 4) is 11.1 Å². The minimum atomic E-state index is -0.0251. The predicted molar refractivity (Wildman–Crippen MR) is 107 cm³/mol. The van der Waals surface area contributed by atoms with E-state index in [1.165, 1.54) is 0 Å². The lowest BCUT2D eigenvalue weighted by atomic mass is 10.00. The number of nitrogens with one attached hydrogen (secondary N) is 1. The molecule has 0 atom stereocenters. The number of fused-ring (bicyclic) bond motifs is 2. The molecule has 0 spiro atoms. The van der Waals surface area contributed by atoms with Crippen molar-refractivity contribution in [2.45, 2.75) is 6.54 Å². The second kappa shape index (κ2) is 6.21. The molecule has 1 N–H and O–H groups in total. The number of nitrogens with zero attached hydrogens (tertiary/aromatic N) is 3. The summed E-state index contributed by atoms with van der Waals surface area (Å²) in [6.07, 6.45) is 3.46. The fourth-order valence-corrected chi connectivity index (χ4v) is 3.47. The fraction of sp³-hybridized carbons (Fsp3) is 0.0455. The van der Waals surface area contributed by atoms with Gasteiger partial charge in [-0.1, -0.05) is 42.5 Å². The SMILES string of the molecule is O=c1c2ccccc2ncn1Cc1cccc(-c2cccc3[nH]ncc23)c1. The molecule has 2 heterocycles. The zero-order chi connectivity index (χ0) is 18.2. The molecule has 0 saturated carbocycles. The van der Waals surface area contributed by atoms with Gasteiger partial charge >= 0.3 is 0 Å². The fourth-order valence-electron chi connectivity index (χ4n) is 3.47. The molecule has 0 bridgehead atoms. The van der Waals surface area contributed by atoms with Crippen LogP contribution in [0, 0.1) is 0 Å². The van der Waals surface area contributed by atoms with Gasteiger partial charge in [0.15, 0.2) is 0 Å². The van der Waals surface area contributed by atoms with Crippen LogP contribution in [0.5, 0.6) is 0 Å². The number of hydrogen-bond donors (Lipinski definition) is 1. The zero-order valence-corrected chi connectivity index (χ0v) is 14.5. The summed E-state index contributed by atoms with van der Waals surface area (Å²) in [7, 11) is 0. The van der Waals surface area contributed by atoms with Crippen LogP contribution in [-0.4, -0.2) is 19.7 Å². The minimum absolute atomic E-state index is 0.0251. The van der Waals surface area contributed by atoms with Crippen LogP contribution in [0.4, 0.5) is 0 Å². The van der Waals surface area contributed by atoms with Crippen LogP contribution in [-0.2, 0) is 6.54 Å². The lowest BCUT2D eigenvalue weighted by Crippen LogP contribution is -2.21. The summed E-state index contributed by atoms with van der Waals surface area (Å²) in [6, 6.07) is 21.8. The highest BCUT2D eigenvalue weighted by atomic mass is 16.1. The van der Waals surface area contributed by atoms with Gasteiger partial charge in [-0.25, -0.2) is 4.98 Å². The highest BCUT2D eigenvalue weighted by Gasteiger charge is 2.08. The first-order valence-corrected chi connectivity index (χ1v) is 8.75. The van der Waals surface area contributed by atoms with Crippen LogP contribution in [0.3, 0.4) is 0 Å². The third kappa shape index (κ3) is 2.69. The summed E-state index contributed by atoms with van der Waals surface area (Å²) in [6.45, 7) is 0.478. The summed E-state index contributed by atoms with van der Waals surface area (Å²) in [4.78, 5) is 17.1. The summed E-state index contributed by atoms with van der Waals surface area (Å²) in [5, 5.41) is 8.87. The van der Waals surface area contributed by atoms with E-state index < -0.39 is 0 Å². The third-order valence-electron chi connectivity index (χ3n) is 4.81. The number of hydrogen-bond acceptors (Lipinski definition) is 3. The Labute approximate surface area is 154 Å². The van der Waals surface area contributed by atoms with E-state index in [1.54, 1.807) is 10.9 Å². The Morgan fingerprint density at radius 2 is 1.81 bits per heavy atom. The Kier molecular flexibility index (Phi) is 3.57. The van der Waals surface area contributed by atoms with Crippen LogP contribution in [0.15, 0.2) is 84.0 Å². The number of benzene rings is 3. The van der Waals surface area contributed by atoms with Crippen molar-refractivity contribution in [2.24, 2.45) is 0 Å². The number of aromatic nitrogens is 4. The molecule has 0 unspecified atom stereocenters. The maximum atomic E-state index is 12.7. The molecule has 0 aliphatic carbocycles. The minimum Gasteiger partial charge on any atom is -0.294 e. The maximum absolute atomic E-state index is 12.7. The Bertz CT molecular complexity index is 1330. The Morgan fingerprint density at radius 1 is 0.926 bits per heavy atom. The van der Waals surface area contributed by atoms with E-state index in [4.69, 9.17) is 0 Å². The van der Waals surface area contributed by atoms with E-state index in [-0.39, 0.29) is 5.56 Å². The molecule has 0 aliphatic heterocycles. The standard InChI is InChI=1S/C22H16N4O/c27-22-18-7-1-2-9-20(18)23-14-26(22)13-15-5-3-6-16(11-15)17-8-4-10-21-19(17)12-24-25-21/h1-12,14H,13H2,(H,24,25). The maximum Gasteiger partial charge on any atom is 0.261 e. The normalized spacial score (nSPS) is 11.3. The van der Waals surface area contributed by atoms with Crippen molar-refractivity contribution in [1.29, 1.82) is 0 Å². The highest BCUT2D eigenvalue weighted by Crippen LogP contribution is 2.28. The van der Waals surface area contributed by atoms with Crippen LogP contribution >= 0.6 is 0 Å². The Morgan fingerprint density at radius 3 is 2.78 bits per heavy atom. The van der Waals surface area contributed by atoms with Gasteiger partial charge in [-0.15, -0.1) is 0 Å². The third-order valence-corrected chi connectivity index (χ3v) is 4.81. The number of H-pyrrole nitrogens is 1. The number of para-hydroxylation sites is 1. The van der Waals surface area contributed by atoms with Crippen molar-refractivity contribution < 1.29 is 0 Å². The smallest absolute Gasteiger partial charge is 0.261 e. The van der Waals surface area contributed by atoms with E-state index in [2.05, 4.69) is 33.4 Å². The molecule has 3 aromatic carbocycles. The molecule has 0 fully saturated rings. The van der Waals surface area contributed by atoms with E-state index in [0.717, 1.165) is 33.1 Å². The van der Waals surface area contributed by atoms with Crippen LogP contribution in [0.25, 0.3) is 32.9 Å². The van der Waals surface area contributed by atoms with Crippen LogP contribution in [0.1, 0.15) is 5.56 Å². The second-order valence-electron chi connectivity index (χ2n) is 6.53. The molecule has 5 heteroatoms. The largest absolute Gasteiger partial charge is 0.294 e. The van der Waals surface area contributed by atoms with Crippen molar-refractivity contribution in [3.05, 3.63) is 95.2 Å². The summed E-state index contributed by atoms with van der Waals surface area (Å²) in [5.41, 5.74) is 4.97. The van der Waals surface area contributed by atoms with Gasteiger partial charge in [0.1, 0.15) is 0 Å². The van der Waals surface area contributed by atoms with E-state index in [9.17, 15) is 4.79 Å². The first-order valence-electron chi connectivity index (χ1n) is 8.75. The van der Waals surface area contributed by atoms with Gasteiger partial charge in [-0.2, -0.15) is 5.10 Å². The second-order valence-corrected chi connectivity index (χ2v) is 6.53. The highest BCUT2D eigenvalue weighted by molar-refractivity contribution is 5.94. The van der Waals surface area contributed by atoms with E-state index >= 15 is 0 Å². The van der Waals surface area contributed by atoms with Gasteiger partial charge in [0, 0.05) is 5.39 Å². The van der Waals surface area contributed by atoms with Gasteiger partial charge < -0.3 is 0 Å². The summed E-state index contributed by atoms with van der Waals surface area (Å²) < 4.78 is 1.65. The molecule has 0 saturated heterocycles. The van der Waals surface area contributed by atoms with E-state index in [0.29, 0.717) is 11.9 Å². The Hall–Kier alpha value is -3.73. The van der Waals surface area contributed by atoms with Gasteiger partial charge in [0.25, 0.3) is 5.56 Å². The van der Waals surface area contributed by atoms with Crippen molar-refractivity contribution in [1.82, 2.24) is 19.7 Å². The van der Waals surface area contributed by atoms with Crippen molar-refractivity contribution in [2.75, 3.05) is 0 Å². The van der Waals surface area contributed by atoms with Crippen molar-refractivity contribution in [3.63, 3.8) is 0 Å². The molecule has 2 aromatic heterocycles. The van der Waals surface area contributed by atoms with Crippen molar-refractivity contribution >= 4 is 21.8 Å². The quantitative estimate of drug-likeness (QED) is 0.534. The summed E-state index contributed by atoms with van der Waals surface area (Å²) in [5.74, 6) is 0. The molecule has 0 amide bonds. The van der Waals surface area contributed by atoms with Gasteiger partial charge in [0.05, 0.1) is 35.5 Å². The lowest BCUT2D eigenvalue weighted by Gasteiger charge is -2.09. The average Bonchev–Trinajstić information content (AvgIpc) is 3.19. The molecular formula is C22H16N4O.